The van der Waals surface area contributed by atoms with Gasteiger partial charge in [0.15, 0.2) is 0 Å². The van der Waals surface area contributed by atoms with Crippen LogP contribution in [0.15, 0.2) is 30.3 Å². The smallest absolute Gasteiger partial charge is 0.451 e. The molecule has 0 saturated carbocycles. The highest BCUT2D eigenvalue weighted by Gasteiger charge is 2.53. The highest BCUT2D eigenvalue weighted by molar-refractivity contribution is 7.86. The van der Waals surface area contributed by atoms with Crippen LogP contribution >= 0.6 is 0 Å². The van der Waals surface area contributed by atoms with E-state index in [-0.39, 0.29) is 32.3 Å². The van der Waals surface area contributed by atoms with Gasteiger partial charge in [-0.2, -0.15) is 17.0 Å². The lowest BCUT2D eigenvalue weighted by atomic mass is 9.78. The molecular formula is C18H29BN4O8S. The Morgan fingerprint density at radius 3 is 2.41 bits per heavy atom. The predicted molar refractivity (Wildman–Crippen MR) is 115 cm³/mol. The maximum atomic E-state index is 13.4. The first kappa shape index (κ1) is 26.2. The van der Waals surface area contributed by atoms with E-state index in [2.05, 4.69) is 0 Å². The maximum absolute atomic E-state index is 13.4. The van der Waals surface area contributed by atoms with Crippen LogP contribution in [0.3, 0.4) is 0 Å². The average Bonchev–Trinajstić information content (AvgIpc) is 3.06. The largest absolute Gasteiger partial charge is 0.480 e. The molecule has 8 N–H and O–H groups in total. The lowest BCUT2D eigenvalue weighted by molar-refractivity contribution is -0.144. The first-order valence-corrected chi connectivity index (χ1v) is 11.4. The van der Waals surface area contributed by atoms with E-state index in [4.69, 9.17) is 26.6 Å². The van der Waals surface area contributed by atoms with Crippen molar-refractivity contribution in [1.82, 2.24) is 8.61 Å². The van der Waals surface area contributed by atoms with Crippen LogP contribution in [0.5, 0.6) is 0 Å². The van der Waals surface area contributed by atoms with Gasteiger partial charge in [0.05, 0.1) is 0 Å². The normalized spacial score (nSPS) is 22.7. The molecule has 1 aromatic rings. The Balaban J connectivity index is 2.30. The zero-order valence-corrected chi connectivity index (χ0v) is 18.3. The summed E-state index contributed by atoms with van der Waals surface area (Å²) < 4.78 is 28.7. The fourth-order valence-electron chi connectivity index (χ4n) is 3.70. The fraction of sp³-hybridized carbons (Fsp3) is 0.556. The van der Waals surface area contributed by atoms with Gasteiger partial charge in [0.25, 0.3) is 10.2 Å². The Labute approximate surface area is 186 Å². The van der Waals surface area contributed by atoms with Gasteiger partial charge in [-0.1, -0.05) is 36.8 Å². The van der Waals surface area contributed by atoms with Gasteiger partial charge >= 0.3 is 19.1 Å². The molecule has 0 radical (unpaired) electrons. The van der Waals surface area contributed by atoms with Crippen LogP contribution in [0.1, 0.15) is 18.4 Å². The summed E-state index contributed by atoms with van der Waals surface area (Å²) in [4.78, 5) is 23.1. The summed E-state index contributed by atoms with van der Waals surface area (Å²) >= 11 is 0. The molecule has 0 aromatic heterocycles. The molecule has 1 fully saturated rings. The van der Waals surface area contributed by atoms with Crippen molar-refractivity contribution >= 4 is 29.3 Å². The number of nitrogens with two attached hydrogens (primary N) is 2. The lowest BCUT2D eigenvalue weighted by Crippen LogP contribution is -2.56. The number of benzene rings is 1. The van der Waals surface area contributed by atoms with Gasteiger partial charge in [-0.05, 0) is 18.3 Å². The Morgan fingerprint density at radius 2 is 1.88 bits per heavy atom. The number of carboxylic acid groups (broad SMARTS) is 2. The monoisotopic (exact) mass is 472 g/mol. The van der Waals surface area contributed by atoms with Crippen molar-refractivity contribution in [3.05, 3.63) is 35.9 Å². The quantitative estimate of drug-likeness (QED) is 0.186. The first-order valence-electron chi connectivity index (χ1n) is 10.0. The van der Waals surface area contributed by atoms with Crippen LogP contribution in [-0.2, 0) is 26.3 Å². The standard InChI is InChI=1S/C18H29BN4O8S/c20-15(16(24)25)11-22(9-13-5-2-1-3-6-13)32(30,31)23-10-14(7-4-8-19(28)29)18(21,12-23)17(26)27/h1-3,5-6,14-15,28-29H,4,7-12,20-21H2,(H,24,25)(H,26,27)/t14-,15?,18-/m0/s1. The van der Waals surface area contributed by atoms with Crippen LogP contribution in [0.2, 0.25) is 6.32 Å². The number of hydrogen-bond donors (Lipinski definition) is 6. The van der Waals surface area contributed by atoms with Crippen molar-refractivity contribution in [2.45, 2.75) is 37.3 Å². The number of nitrogens with zero attached hydrogens (tertiary/aromatic N) is 2. The molecule has 32 heavy (non-hydrogen) atoms. The molecule has 3 atom stereocenters. The second kappa shape index (κ2) is 10.7. The highest BCUT2D eigenvalue weighted by Crippen LogP contribution is 2.33. The van der Waals surface area contributed by atoms with Crippen LogP contribution in [-0.4, -0.2) is 87.6 Å². The van der Waals surface area contributed by atoms with Gasteiger partial charge < -0.3 is 31.7 Å². The van der Waals surface area contributed by atoms with Gasteiger partial charge in [-0.3, -0.25) is 9.59 Å². The zero-order valence-electron chi connectivity index (χ0n) is 17.4. The number of hydrogen-bond acceptors (Lipinski definition) is 8. The summed E-state index contributed by atoms with van der Waals surface area (Å²) in [5, 5.41) is 36.9. The van der Waals surface area contributed by atoms with E-state index < -0.39 is 59.9 Å². The Kier molecular flexibility index (Phi) is 8.76. The molecule has 0 spiro atoms. The lowest BCUT2D eigenvalue weighted by Gasteiger charge is -2.29. The van der Waals surface area contributed by atoms with Crippen LogP contribution < -0.4 is 11.5 Å². The van der Waals surface area contributed by atoms with E-state index in [1.54, 1.807) is 30.3 Å². The molecule has 1 unspecified atom stereocenters. The summed E-state index contributed by atoms with van der Waals surface area (Å²) in [6.07, 6.45) is 0.395. The summed E-state index contributed by atoms with van der Waals surface area (Å²) in [6.45, 7) is -1.40. The number of rotatable bonds is 12. The predicted octanol–water partition coefficient (Wildman–Crippen LogP) is -1.89. The van der Waals surface area contributed by atoms with Gasteiger partial charge in [-0.25, -0.2) is 0 Å². The number of carbonyl (C=O) groups is 2. The van der Waals surface area contributed by atoms with Gasteiger partial charge in [0.1, 0.15) is 11.6 Å². The molecule has 1 aliphatic rings. The highest BCUT2D eigenvalue weighted by atomic mass is 32.2. The molecule has 2 rings (SSSR count). The molecule has 0 bridgehead atoms. The van der Waals surface area contributed by atoms with Crippen LogP contribution in [0, 0.1) is 5.92 Å². The van der Waals surface area contributed by atoms with Crippen LogP contribution in [0.25, 0.3) is 0 Å². The zero-order chi connectivity index (χ0) is 24.1. The van der Waals surface area contributed by atoms with Crippen molar-refractivity contribution < 1.29 is 38.3 Å². The summed E-state index contributed by atoms with van der Waals surface area (Å²) in [5.41, 5.74) is 10.4. The third-order valence-electron chi connectivity index (χ3n) is 5.58. The second-order valence-electron chi connectivity index (χ2n) is 7.98. The van der Waals surface area contributed by atoms with Crippen molar-refractivity contribution in [2.75, 3.05) is 19.6 Å². The average molecular weight is 472 g/mol. The maximum Gasteiger partial charge on any atom is 0.451 e. The third kappa shape index (κ3) is 6.25. The molecule has 0 amide bonds. The summed E-state index contributed by atoms with van der Waals surface area (Å²) in [6, 6.07) is 7.01. The molecule has 1 heterocycles. The van der Waals surface area contributed by atoms with E-state index in [0.29, 0.717) is 5.56 Å². The molecule has 1 saturated heterocycles. The molecule has 178 valence electrons. The van der Waals surface area contributed by atoms with Gasteiger partial charge in [-0.15, -0.1) is 0 Å². The Morgan fingerprint density at radius 1 is 1.25 bits per heavy atom. The molecule has 1 aliphatic heterocycles. The fourth-order valence-corrected chi connectivity index (χ4v) is 5.43. The number of aliphatic carboxylic acids is 2. The van der Waals surface area contributed by atoms with Crippen molar-refractivity contribution in [1.29, 1.82) is 0 Å². The van der Waals surface area contributed by atoms with E-state index in [1.165, 1.54) is 0 Å². The Hall–Kier alpha value is -2.07. The van der Waals surface area contributed by atoms with E-state index in [0.717, 1.165) is 8.61 Å². The summed E-state index contributed by atoms with van der Waals surface area (Å²) in [7, 11) is -5.89. The van der Waals surface area contributed by atoms with Gasteiger partial charge in [0.2, 0.25) is 0 Å². The van der Waals surface area contributed by atoms with Crippen molar-refractivity contribution in [2.24, 2.45) is 17.4 Å². The molecule has 1 aromatic carbocycles. The van der Waals surface area contributed by atoms with Gasteiger partial charge in [0, 0.05) is 32.1 Å². The molecule has 14 heteroatoms. The van der Waals surface area contributed by atoms with Crippen molar-refractivity contribution in [3.63, 3.8) is 0 Å². The molecule has 0 aliphatic carbocycles. The third-order valence-corrected chi connectivity index (χ3v) is 7.44. The summed E-state index contributed by atoms with van der Waals surface area (Å²) in [5.74, 6) is -3.53. The SMILES string of the molecule is NC(CN(Cc1ccccc1)S(=O)(=O)N1C[C@H](CCCB(O)O)[C@](N)(C(=O)O)C1)C(=O)O. The van der Waals surface area contributed by atoms with Crippen LogP contribution in [0.4, 0.5) is 0 Å². The minimum absolute atomic E-state index is 0.00739. The number of carboxylic acids is 2. The second-order valence-corrected chi connectivity index (χ2v) is 9.91. The van der Waals surface area contributed by atoms with Crippen molar-refractivity contribution in [3.8, 4) is 0 Å². The topological polar surface area (TPSA) is 208 Å². The minimum atomic E-state index is -4.33. The van der Waals surface area contributed by atoms with E-state index in [1.807, 2.05) is 0 Å². The van der Waals surface area contributed by atoms with E-state index in [9.17, 15) is 23.1 Å². The Bertz CT molecular complexity index is 904. The first-order chi connectivity index (χ1) is 14.9. The minimum Gasteiger partial charge on any atom is -0.480 e. The molecule has 12 nitrogen and oxygen atoms in total. The molecular weight excluding hydrogens is 443 g/mol. The van der Waals surface area contributed by atoms with E-state index >= 15 is 0 Å².